The minimum Gasteiger partial charge on any atom is -0.443 e. The summed E-state index contributed by atoms with van der Waals surface area (Å²) < 4.78 is 5.29. The highest BCUT2D eigenvalue weighted by atomic mass is 16.6. The van der Waals surface area contributed by atoms with Gasteiger partial charge in [-0.3, -0.25) is 4.90 Å². The van der Waals surface area contributed by atoms with Gasteiger partial charge in [-0.2, -0.15) is 0 Å². The molecule has 0 radical (unpaired) electrons. The van der Waals surface area contributed by atoms with Crippen LogP contribution < -0.4 is 0 Å². The molecular formula is C13H16N2O2. The summed E-state index contributed by atoms with van der Waals surface area (Å²) in [5.41, 5.74) is 1.45. The first-order valence-corrected chi connectivity index (χ1v) is 5.57. The largest absolute Gasteiger partial charge is 0.443 e. The molecule has 0 N–H and O–H groups in total. The lowest BCUT2D eigenvalue weighted by Gasteiger charge is -2.26. The van der Waals surface area contributed by atoms with Crippen LogP contribution in [0.4, 0.5) is 10.5 Å². The van der Waals surface area contributed by atoms with Crippen LogP contribution in [0, 0.1) is 0 Å². The maximum absolute atomic E-state index is 11.8. The molecule has 0 bridgehead atoms. The Bertz CT molecular complexity index is 461. The van der Waals surface area contributed by atoms with Crippen molar-refractivity contribution in [3.63, 3.8) is 0 Å². The Kier molecular flexibility index (Phi) is 2.88. The average Bonchev–Trinajstić information content (AvgIpc) is 2.26. The molecule has 90 valence electrons. The molecule has 0 aliphatic carbocycles. The molecule has 1 heterocycles. The fourth-order valence-electron chi connectivity index (χ4n) is 1.56. The Hall–Kier alpha value is -1.84. The third-order valence-corrected chi connectivity index (χ3v) is 2.30. The van der Waals surface area contributed by atoms with Gasteiger partial charge in [0.15, 0.2) is 0 Å². The Morgan fingerprint density at radius 1 is 1.35 bits per heavy atom. The molecule has 1 amide bonds. The maximum atomic E-state index is 11.8. The number of benzene rings is 1. The molecule has 0 saturated carbocycles. The highest BCUT2D eigenvalue weighted by Crippen LogP contribution is 2.24. The number of carbonyl (C=O) groups is 1. The van der Waals surface area contributed by atoms with Crippen LogP contribution in [-0.4, -0.2) is 22.9 Å². The summed E-state index contributed by atoms with van der Waals surface area (Å²) in [6.07, 6.45) is 1.16. The Morgan fingerprint density at radius 3 is 2.76 bits per heavy atom. The molecule has 1 aromatic carbocycles. The summed E-state index contributed by atoms with van der Waals surface area (Å²) in [6.45, 7) is 6.05. The fourth-order valence-corrected chi connectivity index (χ4v) is 1.56. The number of ether oxygens (including phenoxy) is 1. The molecule has 1 aliphatic heterocycles. The molecule has 1 aromatic rings. The molecule has 0 aromatic heterocycles. The lowest BCUT2D eigenvalue weighted by atomic mass is 10.1. The molecule has 17 heavy (non-hydrogen) atoms. The van der Waals surface area contributed by atoms with Crippen molar-refractivity contribution in [2.75, 3.05) is 0 Å². The van der Waals surface area contributed by atoms with Crippen molar-refractivity contribution in [2.45, 2.75) is 32.9 Å². The van der Waals surface area contributed by atoms with E-state index in [0.717, 1.165) is 11.3 Å². The number of fused-ring (bicyclic) bond motifs is 1. The number of amides is 1. The van der Waals surface area contributed by atoms with E-state index in [4.69, 9.17) is 4.74 Å². The molecule has 4 nitrogen and oxygen atoms in total. The standard InChI is InChI=1S/C13H16N2O2/c1-13(2,3)17-12(16)15-8-10-6-4-5-7-11(10)14-9-15/h4-7,9H,8H2,1-3H3. The summed E-state index contributed by atoms with van der Waals surface area (Å²) in [7, 11) is 0. The Morgan fingerprint density at radius 2 is 2.06 bits per heavy atom. The van der Waals surface area contributed by atoms with E-state index in [0.29, 0.717) is 6.54 Å². The highest BCUT2D eigenvalue weighted by molar-refractivity contribution is 5.85. The first kappa shape index (κ1) is 11.6. The van der Waals surface area contributed by atoms with Crippen molar-refractivity contribution in [2.24, 2.45) is 4.99 Å². The highest BCUT2D eigenvalue weighted by Gasteiger charge is 2.23. The topological polar surface area (TPSA) is 41.9 Å². The summed E-state index contributed by atoms with van der Waals surface area (Å²) in [4.78, 5) is 17.5. The van der Waals surface area contributed by atoms with Crippen LogP contribution in [0.3, 0.4) is 0 Å². The zero-order valence-corrected chi connectivity index (χ0v) is 10.3. The number of hydrogen-bond acceptors (Lipinski definition) is 3. The van der Waals surface area contributed by atoms with E-state index in [9.17, 15) is 4.79 Å². The van der Waals surface area contributed by atoms with E-state index < -0.39 is 5.60 Å². The molecule has 4 heteroatoms. The Labute approximate surface area is 101 Å². The van der Waals surface area contributed by atoms with Gasteiger partial charge in [0.25, 0.3) is 0 Å². The lowest BCUT2D eigenvalue weighted by Crippen LogP contribution is -2.36. The minimum absolute atomic E-state index is 0.365. The number of para-hydroxylation sites is 1. The zero-order valence-electron chi connectivity index (χ0n) is 10.3. The van der Waals surface area contributed by atoms with Crippen molar-refractivity contribution in [3.8, 4) is 0 Å². The van der Waals surface area contributed by atoms with Crippen LogP contribution in [0.1, 0.15) is 26.3 Å². The van der Waals surface area contributed by atoms with Crippen LogP contribution in [0.2, 0.25) is 0 Å². The van der Waals surface area contributed by atoms with Gasteiger partial charge in [0.1, 0.15) is 11.9 Å². The molecule has 1 aliphatic rings. The third-order valence-electron chi connectivity index (χ3n) is 2.30. The van der Waals surface area contributed by atoms with E-state index in [2.05, 4.69) is 4.99 Å². The summed E-state index contributed by atoms with van der Waals surface area (Å²) in [6, 6.07) is 7.76. The van der Waals surface area contributed by atoms with E-state index in [1.54, 1.807) is 0 Å². The zero-order chi connectivity index (χ0) is 12.5. The van der Waals surface area contributed by atoms with Gasteiger partial charge < -0.3 is 4.74 Å². The lowest BCUT2D eigenvalue weighted by molar-refractivity contribution is 0.0365. The second-order valence-corrected chi connectivity index (χ2v) is 4.98. The van der Waals surface area contributed by atoms with Gasteiger partial charge in [0.05, 0.1) is 12.2 Å². The predicted octanol–water partition coefficient (Wildman–Crippen LogP) is 3.10. The molecule has 0 fully saturated rings. The number of aliphatic imine (C=N–C) groups is 1. The third kappa shape index (κ3) is 2.84. The van der Waals surface area contributed by atoms with Crippen LogP contribution in [0.25, 0.3) is 0 Å². The molecular weight excluding hydrogens is 216 g/mol. The second kappa shape index (κ2) is 4.20. The van der Waals surface area contributed by atoms with Crippen LogP contribution in [0.15, 0.2) is 29.3 Å². The fraction of sp³-hybridized carbons (Fsp3) is 0.385. The molecule has 0 atom stereocenters. The Balaban J connectivity index is 2.11. The van der Waals surface area contributed by atoms with Gasteiger partial charge in [-0.25, -0.2) is 9.79 Å². The normalized spacial score (nSPS) is 14.4. The van der Waals surface area contributed by atoms with E-state index in [-0.39, 0.29) is 6.09 Å². The number of nitrogens with zero attached hydrogens (tertiary/aromatic N) is 2. The van der Waals surface area contributed by atoms with Crippen molar-refractivity contribution in [3.05, 3.63) is 29.8 Å². The number of hydrogen-bond donors (Lipinski definition) is 0. The number of carbonyl (C=O) groups excluding carboxylic acids is 1. The first-order valence-electron chi connectivity index (χ1n) is 5.57. The van der Waals surface area contributed by atoms with Crippen LogP contribution >= 0.6 is 0 Å². The molecule has 0 unspecified atom stereocenters. The molecule has 0 spiro atoms. The summed E-state index contributed by atoms with van der Waals surface area (Å²) in [5.74, 6) is 0. The van der Waals surface area contributed by atoms with Gasteiger partial charge in [0.2, 0.25) is 0 Å². The SMILES string of the molecule is CC(C)(C)OC(=O)N1C=Nc2ccccc2C1. The summed E-state index contributed by atoms with van der Waals surface area (Å²) in [5, 5.41) is 0. The van der Waals surface area contributed by atoms with Gasteiger partial charge in [-0.1, -0.05) is 18.2 Å². The molecule has 0 saturated heterocycles. The van der Waals surface area contributed by atoms with Crippen molar-refractivity contribution in [1.82, 2.24) is 4.90 Å². The van der Waals surface area contributed by atoms with Crippen LogP contribution in [0.5, 0.6) is 0 Å². The van der Waals surface area contributed by atoms with E-state index in [1.807, 2.05) is 45.0 Å². The van der Waals surface area contributed by atoms with E-state index in [1.165, 1.54) is 11.2 Å². The van der Waals surface area contributed by atoms with Crippen molar-refractivity contribution >= 4 is 18.1 Å². The summed E-state index contributed by atoms with van der Waals surface area (Å²) >= 11 is 0. The average molecular weight is 232 g/mol. The first-order chi connectivity index (χ1) is 7.96. The quantitative estimate of drug-likeness (QED) is 0.689. The van der Waals surface area contributed by atoms with Gasteiger partial charge in [-0.15, -0.1) is 0 Å². The smallest absolute Gasteiger partial charge is 0.415 e. The predicted molar refractivity (Wildman–Crippen MR) is 66.4 cm³/mol. The monoisotopic (exact) mass is 232 g/mol. The maximum Gasteiger partial charge on any atom is 0.415 e. The van der Waals surface area contributed by atoms with Gasteiger partial charge >= 0.3 is 6.09 Å². The second-order valence-electron chi connectivity index (χ2n) is 4.98. The van der Waals surface area contributed by atoms with Crippen LogP contribution in [-0.2, 0) is 11.3 Å². The van der Waals surface area contributed by atoms with Crippen molar-refractivity contribution < 1.29 is 9.53 Å². The van der Waals surface area contributed by atoms with Crippen molar-refractivity contribution in [1.29, 1.82) is 0 Å². The number of rotatable bonds is 0. The minimum atomic E-state index is -0.484. The van der Waals surface area contributed by atoms with Gasteiger partial charge in [-0.05, 0) is 32.4 Å². The molecule has 2 rings (SSSR count). The van der Waals surface area contributed by atoms with Gasteiger partial charge in [0, 0.05) is 0 Å². The van der Waals surface area contributed by atoms with E-state index >= 15 is 0 Å².